The number of H-pyrrole nitrogens is 1. The van der Waals surface area contributed by atoms with Gasteiger partial charge in [0.15, 0.2) is 5.52 Å². The molecule has 0 spiro atoms. The molecule has 2 aromatic rings. The van der Waals surface area contributed by atoms with Gasteiger partial charge in [-0.15, -0.1) is 5.10 Å². The standard InChI is InChI=1S/C14H21N3O/c1-13(2,3)8-7-9-11(16-17-15-9)12(18)10(8)14(4,5)6/h7,18H,1-6H3,(H,15,16,17). The zero-order valence-corrected chi connectivity index (χ0v) is 11.9. The van der Waals surface area contributed by atoms with E-state index in [1.807, 2.05) is 0 Å². The van der Waals surface area contributed by atoms with E-state index in [-0.39, 0.29) is 16.6 Å². The molecule has 4 nitrogen and oxygen atoms in total. The normalized spacial score (nSPS) is 13.2. The molecule has 1 aromatic heterocycles. The number of aromatic nitrogens is 3. The van der Waals surface area contributed by atoms with Gasteiger partial charge in [-0.05, 0) is 22.5 Å². The monoisotopic (exact) mass is 247 g/mol. The highest BCUT2D eigenvalue weighted by Crippen LogP contribution is 2.42. The average molecular weight is 247 g/mol. The number of hydrogen-bond donors (Lipinski definition) is 2. The summed E-state index contributed by atoms with van der Waals surface area (Å²) < 4.78 is 0. The summed E-state index contributed by atoms with van der Waals surface area (Å²) in [6, 6.07) is 2.05. The minimum Gasteiger partial charge on any atom is -0.505 e. The number of hydrogen-bond acceptors (Lipinski definition) is 3. The maximum atomic E-state index is 10.5. The van der Waals surface area contributed by atoms with Crippen LogP contribution in [0.25, 0.3) is 11.0 Å². The molecule has 0 aliphatic carbocycles. The second-order valence-corrected chi connectivity index (χ2v) is 6.86. The van der Waals surface area contributed by atoms with Gasteiger partial charge in [0.05, 0.1) is 5.52 Å². The first-order valence-electron chi connectivity index (χ1n) is 6.20. The first-order chi connectivity index (χ1) is 8.12. The Morgan fingerprint density at radius 1 is 1.06 bits per heavy atom. The van der Waals surface area contributed by atoms with E-state index < -0.39 is 0 Å². The molecule has 0 aliphatic rings. The number of phenolic OH excluding ortho intramolecular Hbond substituents is 1. The highest BCUT2D eigenvalue weighted by atomic mass is 16.3. The van der Waals surface area contributed by atoms with Crippen molar-refractivity contribution in [1.82, 2.24) is 15.4 Å². The smallest absolute Gasteiger partial charge is 0.154 e. The lowest BCUT2D eigenvalue weighted by Gasteiger charge is -2.30. The van der Waals surface area contributed by atoms with Crippen molar-refractivity contribution in [1.29, 1.82) is 0 Å². The molecular weight excluding hydrogens is 226 g/mol. The van der Waals surface area contributed by atoms with Gasteiger partial charge in [-0.1, -0.05) is 46.8 Å². The van der Waals surface area contributed by atoms with E-state index >= 15 is 0 Å². The Kier molecular flexibility index (Phi) is 2.65. The lowest BCUT2D eigenvalue weighted by atomic mass is 9.74. The largest absolute Gasteiger partial charge is 0.505 e. The van der Waals surface area contributed by atoms with Crippen molar-refractivity contribution in [2.24, 2.45) is 0 Å². The van der Waals surface area contributed by atoms with Crippen molar-refractivity contribution < 1.29 is 5.11 Å². The van der Waals surface area contributed by atoms with E-state index in [0.29, 0.717) is 5.52 Å². The van der Waals surface area contributed by atoms with Crippen LogP contribution in [0.3, 0.4) is 0 Å². The first-order valence-corrected chi connectivity index (χ1v) is 6.20. The molecule has 1 heterocycles. The number of nitrogens with one attached hydrogen (secondary N) is 1. The van der Waals surface area contributed by atoms with Gasteiger partial charge in [0, 0.05) is 5.56 Å². The van der Waals surface area contributed by atoms with Gasteiger partial charge in [0.25, 0.3) is 0 Å². The summed E-state index contributed by atoms with van der Waals surface area (Å²) in [7, 11) is 0. The third-order valence-corrected chi connectivity index (χ3v) is 3.15. The summed E-state index contributed by atoms with van der Waals surface area (Å²) in [5, 5.41) is 21.1. The van der Waals surface area contributed by atoms with Crippen molar-refractivity contribution >= 4 is 11.0 Å². The van der Waals surface area contributed by atoms with Gasteiger partial charge in [0.1, 0.15) is 5.75 Å². The third-order valence-electron chi connectivity index (χ3n) is 3.15. The van der Waals surface area contributed by atoms with Gasteiger partial charge in [-0.25, -0.2) is 0 Å². The topological polar surface area (TPSA) is 61.8 Å². The van der Waals surface area contributed by atoms with Crippen LogP contribution in [-0.4, -0.2) is 20.5 Å². The maximum Gasteiger partial charge on any atom is 0.154 e. The fourth-order valence-electron chi connectivity index (χ4n) is 2.32. The molecule has 18 heavy (non-hydrogen) atoms. The summed E-state index contributed by atoms with van der Waals surface area (Å²) in [6.45, 7) is 12.7. The van der Waals surface area contributed by atoms with Crippen LogP contribution in [0.1, 0.15) is 52.7 Å². The molecule has 4 heteroatoms. The Bertz CT molecular complexity index is 585. The van der Waals surface area contributed by atoms with Gasteiger partial charge in [-0.3, -0.25) is 5.10 Å². The van der Waals surface area contributed by atoms with Crippen molar-refractivity contribution in [3.8, 4) is 5.75 Å². The van der Waals surface area contributed by atoms with Crippen LogP contribution < -0.4 is 0 Å². The van der Waals surface area contributed by atoms with E-state index in [0.717, 1.165) is 16.6 Å². The minimum absolute atomic E-state index is 0.0423. The summed E-state index contributed by atoms with van der Waals surface area (Å²) in [4.78, 5) is 0. The van der Waals surface area contributed by atoms with Crippen LogP contribution in [0.5, 0.6) is 5.75 Å². The zero-order chi connectivity index (χ0) is 13.7. The number of fused-ring (bicyclic) bond motifs is 1. The Labute approximate surface area is 107 Å². The van der Waals surface area contributed by atoms with Crippen molar-refractivity contribution in [2.45, 2.75) is 52.4 Å². The molecule has 0 aliphatic heterocycles. The maximum absolute atomic E-state index is 10.5. The van der Waals surface area contributed by atoms with Gasteiger partial charge < -0.3 is 5.11 Å². The molecule has 98 valence electrons. The predicted octanol–water partition coefficient (Wildman–Crippen LogP) is 3.26. The van der Waals surface area contributed by atoms with Crippen LogP contribution >= 0.6 is 0 Å². The second-order valence-electron chi connectivity index (χ2n) is 6.86. The van der Waals surface area contributed by atoms with E-state index in [4.69, 9.17) is 0 Å². The number of aromatic amines is 1. The predicted molar refractivity (Wildman–Crippen MR) is 73.0 cm³/mol. The number of aromatic hydroxyl groups is 1. The fraction of sp³-hybridized carbons (Fsp3) is 0.571. The van der Waals surface area contributed by atoms with Crippen LogP contribution in [0.15, 0.2) is 6.07 Å². The summed E-state index contributed by atoms with van der Waals surface area (Å²) in [5.74, 6) is 0.249. The molecule has 0 radical (unpaired) electrons. The van der Waals surface area contributed by atoms with Crippen molar-refractivity contribution in [3.05, 3.63) is 17.2 Å². The minimum atomic E-state index is -0.139. The number of nitrogens with zero attached hydrogens (tertiary/aromatic N) is 2. The molecule has 0 unspecified atom stereocenters. The molecule has 0 saturated heterocycles. The summed E-state index contributed by atoms with van der Waals surface area (Å²) in [5.41, 5.74) is 3.24. The van der Waals surface area contributed by atoms with E-state index in [1.54, 1.807) is 0 Å². The molecule has 0 amide bonds. The lowest BCUT2D eigenvalue weighted by Crippen LogP contribution is -2.22. The summed E-state index contributed by atoms with van der Waals surface area (Å²) in [6.07, 6.45) is 0. The highest BCUT2D eigenvalue weighted by molar-refractivity contribution is 5.84. The van der Waals surface area contributed by atoms with Crippen LogP contribution in [-0.2, 0) is 10.8 Å². The van der Waals surface area contributed by atoms with Gasteiger partial charge in [0.2, 0.25) is 0 Å². The Hall–Kier alpha value is -1.58. The van der Waals surface area contributed by atoms with Crippen LogP contribution in [0.2, 0.25) is 0 Å². The number of rotatable bonds is 0. The third kappa shape index (κ3) is 1.96. The van der Waals surface area contributed by atoms with E-state index in [1.165, 1.54) is 0 Å². The fourth-order valence-corrected chi connectivity index (χ4v) is 2.32. The Morgan fingerprint density at radius 2 is 1.67 bits per heavy atom. The molecule has 0 saturated carbocycles. The molecule has 2 N–H and O–H groups in total. The van der Waals surface area contributed by atoms with Gasteiger partial charge in [-0.2, -0.15) is 0 Å². The zero-order valence-electron chi connectivity index (χ0n) is 11.9. The number of benzene rings is 1. The molecule has 0 bridgehead atoms. The Morgan fingerprint density at radius 3 is 2.17 bits per heavy atom. The molecule has 0 fully saturated rings. The molecule has 0 atom stereocenters. The summed E-state index contributed by atoms with van der Waals surface area (Å²) >= 11 is 0. The van der Waals surface area contributed by atoms with Crippen LogP contribution in [0, 0.1) is 0 Å². The highest BCUT2D eigenvalue weighted by Gasteiger charge is 2.30. The molecule has 2 rings (SSSR count). The lowest BCUT2D eigenvalue weighted by molar-refractivity contribution is 0.440. The second kappa shape index (κ2) is 3.70. The Balaban J connectivity index is 2.90. The van der Waals surface area contributed by atoms with E-state index in [2.05, 4.69) is 63.0 Å². The van der Waals surface area contributed by atoms with E-state index in [9.17, 15) is 5.11 Å². The SMILES string of the molecule is CC(C)(C)c1cc2[nH]nnc2c(O)c1C(C)(C)C. The average Bonchev–Trinajstić information content (AvgIpc) is 2.61. The molecule has 1 aromatic carbocycles. The van der Waals surface area contributed by atoms with Crippen LogP contribution in [0.4, 0.5) is 0 Å². The first kappa shape index (κ1) is 12.9. The quantitative estimate of drug-likeness (QED) is 0.751. The molecular formula is C14H21N3O. The number of phenols is 1. The van der Waals surface area contributed by atoms with Crippen molar-refractivity contribution in [2.75, 3.05) is 0 Å². The van der Waals surface area contributed by atoms with Crippen molar-refractivity contribution in [3.63, 3.8) is 0 Å². The van der Waals surface area contributed by atoms with Gasteiger partial charge >= 0.3 is 0 Å².